The summed E-state index contributed by atoms with van der Waals surface area (Å²) in [4.78, 5) is 27.4. The molecule has 0 spiro atoms. The van der Waals surface area contributed by atoms with E-state index in [-0.39, 0.29) is 18.0 Å². The summed E-state index contributed by atoms with van der Waals surface area (Å²) in [5.41, 5.74) is 0.470. The van der Waals surface area contributed by atoms with E-state index in [9.17, 15) is 9.59 Å². The molecule has 0 saturated carbocycles. The van der Waals surface area contributed by atoms with Crippen molar-refractivity contribution in [2.75, 3.05) is 33.7 Å². The summed E-state index contributed by atoms with van der Waals surface area (Å²) in [6.07, 6.45) is 1.39. The number of likely N-dealkylation sites (N-methyl/N-ethyl adjacent to an activating group) is 1. The van der Waals surface area contributed by atoms with Gasteiger partial charge in [-0.3, -0.25) is 9.69 Å². The normalized spacial score (nSPS) is 16.3. The van der Waals surface area contributed by atoms with Gasteiger partial charge in [0.1, 0.15) is 6.10 Å². The number of rotatable bonds is 4. The third-order valence-corrected chi connectivity index (χ3v) is 3.96. The van der Waals surface area contributed by atoms with Crippen molar-refractivity contribution >= 4 is 23.5 Å². The molecular weight excluding hydrogens is 304 g/mol. The molecule has 0 unspecified atom stereocenters. The van der Waals surface area contributed by atoms with Gasteiger partial charge in [0.05, 0.1) is 12.1 Å². The molecule has 1 aliphatic rings. The number of benzene rings is 1. The zero-order valence-electron chi connectivity index (χ0n) is 12.9. The van der Waals surface area contributed by atoms with Crippen molar-refractivity contribution in [3.8, 4) is 0 Å². The fourth-order valence-electron chi connectivity index (χ4n) is 2.35. The maximum atomic E-state index is 12.1. The number of likely N-dealkylation sites (tertiary alicyclic amines) is 1. The first-order chi connectivity index (χ1) is 10.5. The Bertz CT molecular complexity index is 540. The van der Waals surface area contributed by atoms with E-state index in [0.717, 1.165) is 25.9 Å². The summed E-state index contributed by atoms with van der Waals surface area (Å²) in [5.74, 6) is -0.250. The molecule has 22 heavy (non-hydrogen) atoms. The molecule has 1 saturated heterocycles. The monoisotopic (exact) mass is 324 g/mol. The number of esters is 1. The summed E-state index contributed by atoms with van der Waals surface area (Å²) >= 11 is 5.87. The van der Waals surface area contributed by atoms with E-state index >= 15 is 0 Å². The summed E-state index contributed by atoms with van der Waals surface area (Å²) in [6, 6.07) is 6.75. The van der Waals surface area contributed by atoms with Crippen molar-refractivity contribution < 1.29 is 14.3 Å². The van der Waals surface area contributed by atoms with Crippen molar-refractivity contribution in [3.63, 3.8) is 0 Å². The van der Waals surface area contributed by atoms with Crippen LogP contribution in [0.3, 0.4) is 0 Å². The second-order valence-corrected chi connectivity index (χ2v) is 6.12. The van der Waals surface area contributed by atoms with Crippen LogP contribution < -0.4 is 0 Å². The van der Waals surface area contributed by atoms with Gasteiger partial charge < -0.3 is 9.64 Å². The minimum Gasteiger partial charge on any atom is -0.459 e. The molecule has 0 N–H and O–H groups in total. The van der Waals surface area contributed by atoms with Crippen LogP contribution in [0.2, 0.25) is 5.02 Å². The predicted octanol–water partition coefficient (Wildman–Crippen LogP) is 2.05. The van der Waals surface area contributed by atoms with E-state index < -0.39 is 0 Å². The Hall–Kier alpha value is -1.59. The fourth-order valence-corrected chi connectivity index (χ4v) is 2.54. The van der Waals surface area contributed by atoms with Crippen molar-refractivity contribution in [1.82, 2.24) is 9.80 Å². The number of ether oxygens (including phenoxy) is 1. The average molecular weight is 325 g/mol. The lowest BCUT2D eigenvalue weighted by Gasteiger charge is -2.31. The van der Waals surface area contributed by atoms with Crippen LogP contribution in [-0.2, 0) is 9.53 Å². The highest BCUT2D eigenvalue weighted by atomic mass is 35.5. The quantitative estimate of drug-likeness (QED) is 0.795. The van der Waals surface area contributed by atoms with Crippen LogP contribution in [0, 0.1) is 0 Å². The predicted molar refractivity (Wildman–Crippen MR) is 85.0 cm³/mol. The van der Waals surface area contributed by atoms with Crippen LogP contribution in [0.5, 0.6) is 0 Å². The molecule has 1 aromatic carbocycles. The average Bonchev–Trinajstić information content (AvgIpc) is 2.49. The lowest BCUT2D eigenvalue weighted by molar-refractivity contribution is -0.130. The van der Waals surface area contributed by atoms with Crippen molar-refractivity contribution in [3.05, 3.63) is 34.9 Å². The van der Waals surface area contributed by atoms with Crippen LogP contribution in [0.4, 0.5) is 0 Å². The highest BCUT2D eigenvalue weighted by Gasteiger charge is 2.24. The summed E-state index contributed by atoms with van der Waals surface area (Å²) < 4.78 is 5.51. The van der Waals surface area contributed by atoms with E-state index in [4.69, 9.17) is 16.3 Å². The number of halogens is 1. The van der Waals surface area contributed by atoms with E-state index in [1.165, 1.54) is 0 Å². The van der Waals surface area contributed by atoms with Gasteiger partial charge in [0.15, 0.2) is 0 Å². The Morgan fingerprint density at radius 3 is 2.59 bits per heavy atom. The summed E-state index contributed by atoms with van der Waals surface area (Å²) in [5, 5.41) is 0.520. The van der Waals surface area contributed by atoms with Gasteiger partial charge in [-0.25, -0.2) is 4.79 Å². The van der Waals surface area contributed by atoms with E-state index in [1.807, 2.05) is 0 Å². The Kier molecular flexibility index (Phi) is 5.80. The standard InChI is InChI=1S/C16H21ClN2O3/c1-18(2)15(20)11-19-8-6-14(7-9-19)22-16(21)12-4-3-5-13(17)10-12/h3-5,10,14H,6-9,11H2,1-2H3. The topological polar surface area (TPSA) is 49.9 Å². The molecule has 1 aromatic rings. The fraction of sp³-hybridized carbons (Fsp3) is 0.500. The summed E-state index contributed by atoms with van der Waals surface area (Å²) in [7, 11) is 3.50. The van der Waals surface area contributed by atoms with Gasteiger partial charge in [-0.2, -0.15) is 0 Å². The Morgan fingerprint density at radius 2 is 2.00 bits per heavy atom. The van der Waals surface area contributed by atoms with E-state index in [0.29, 0.717) is 17.1 Å². The highest BCUT2D eigenvalue weighted by Crippen LogP contribution is 2.17. The van der Waals surface area contributed by atoms with Crippen molar-refractivity contribution in [1.29, 1.82) is 0 Å². The molecule has 0 bridgehead atoms. The van der Waals surface area contributed by atoms with Gasteiger partial charge in [0.25, 0.3) is 0 Å². The molecule has 1 fully saturated rings. The second-order valence-electron chi connectivity index (χ2n) is 5.68. The lowest BCUT2D eigenvalue weighted by atomic mass is 10.1. The first kappa shape index (κ1) is 16.8. The number of carbonyl (C=O) groups excluding carboxylic acids is 2. The first-order valence-electron chi connectivity index (χ1n) is 7.35. The minimum absolute atomic E-state index is 0.0920. The molecule has 5 nitrogen and oxygen atoms in total. The van der Waals surface area contributed by atoms with Crippen LogP contribution in [0.15, 0.2) is 24.3 Å². The Balaban J connectivity index is 1.80. The third kappa shape index (κ3) is 4.71. The Labute approximate surface area is 135 Å². The maximum Gasteiger partial charge on any atom is 0.338 e. The first-order valence-corrected chi connectivity index (χ1v) is 7.72. The maximum absolute atomic E-state index is 12.1. The number of hydrogen-bond donors (Lipinski definition) is 0. The number of carbonyl (C=O) groups is 2. The largest absolute Gasteiger partial charge is 0.459 e. The zero-order valence-corrected chi connectivity index (χ0v) is 13.7. The smallest absolute Gasteiger partial charge is 0.338 e. The molecule has 1 amide bonds. The number of nitrogens with zero attached hydrogens (tertiary/aromatic N) is 2. The van der Waals surface area contributed by atoms with Crippen LogP contribution in [-0.4, -0.2) is 61.5 Å². The van der Waals surface area contributed by atoms with E-state index in [2.05, 4.69) is 4.90 Å². The third-order valence-electron chi connectivity index (χ3n) is 3.73. The molecular formula is C16H21ClN2O3. The van der Waals surface area contributed by atoms with Gasteiger partial charge in [-0.05, 0) is 31.0 Å². The second kappa shape index (κ2) is 7.61. The summed E-state index contributed by atoms with van der Waals surface area (Å²) in [6.45, 7) is 1.93. The molecule has 6 heteroatoms. The molecule has 1 heterocycles. The zero-order chi connectivity index (χ0) is 16.1. The number of amides is 1. The van der Waals surface area contributed by atoms with Crippen molar-refractivity contribution in [2.45, 2.75) is 18.9 Å². The molecule has 0 radical (unpaired) electrons. The molecule has 2 rings (SSSR count). The molecule has 1 aliphatic heterocycles. The molecule has 120 valence electrons. The van der Waals surface area contributed by atoms with E-state index in [1.54, 1.807) is 43.3 Å². The van der Waals surface area contributed by atoms with Gasteiger partial charge in [0.2, 0.25) is 5.91 Å². The van der Waals surface area contributed by atoms with Crippen LogP contribution in [0.1, 0.15) is 23.2 Å². The highest BCUT2D eigenvalue weighted by molar-refractivity contribution is 6.30. The SMILES string of the molecule is CN(C)C(=O)CN1CCC(OC(=O)c2cccc(Cl)c2)CC1. The molecule has 0 aliphatic carbocycles. The van der Waals surface area contributed by atoms with Crippen LogP contribution >= 0.6 is 11.6 Å². The van der Waals surface area contributed by atoms with Gasteiger partial charge in [-0.1, -0.05) is 17.7 Å². The van der Waals surface area contributed by atoms with Gasteiger partial charge in [-0.15, -0.1) is 0 Å². The van der Waals surface area contributed by atoms with Gasteiger partial charge >= 0.3 is 5.97 Å². The number of piperidine rings is 1. The number of hydrogen-bond acceptors (Lipinski definition) is 4. The minimum atomic E-state index is -0.342. The molecule has 0 aromatic heterocycles. The Morgan fingerprint density at radius 1 is 1.32 bits per heavy atom. The lowest BCUT2D eigenvalue weighted by Crippen LogP contribution is -2.43. The molecule has 0 atom stereocenters. The van der Waals surface area contributed by atoms with Gasteiger partial charge in [0, 0.05) is 32.2 Å². The van der Waals surface area contributed by atoms with Crippen molar-refractivity contribution in [2.24, 2.45) is 0 Å². The van der Waals surface area contributed by atoms with Crippen LogP contribution in [0.25, 0.3) is 0 Å².